The molecule has 0 saturated carbocycles. The van der Waals surface area contributed by atoms with E-state index in [-0.39, 0.29) is 0 Å². The summed E-state index contributed by atoms with van der Waals surface area (Å²) < 4.78 is 149. The van der Waals surface area contributed by atoms with Gasteiger partial charge in [-0.25, -0.2) is 0 Å². The van der Waals surface area contributed by atoms with Gasteiger partial charge < -0.3 is 4.79 Å². The van der Waals surface area contributed by atoms with Gasteiger partial charge in [-0.2, -0.15) is 52.7 Å². The van der Waals surface area contributed by atoms with Crippen LogP contribution < -0.4 is 0 Å². The van der Waals surface area contributed by atoms with Crippen LogP contribution in [0.4, 0.5) is 52.7 Å². The molecule has 0 rings (SSSR count). The Morgan fingerprint density at radius 3 is 1.38 bits per heavy atom. The van der Waals surface area contributed by atoms with Crippen molar-refractivity contribution in [2.75, 3.05) is 0 Å². The topological polar surface area (TPSA) is 17.1 Å². The molecule has 0 heterocycles. The number of halogens is 12. The molecule has 0 N–H and O–H groups in total. The van der Waals surface area contributed by atoms with Gasteiger partial charge in [0.2, 0.25) is 0 Å². The van der Waals surface area contributed by atoms with E-state index in [0.717, 1.165) is 0 Å². The second-order valence-electron chi connectivity index (χ2n) is 3.63. The van der Waals surface area contributed by atoms with Gasteiger partial charge in [-0.3, -0.25) is 0 Å². The first-order chi connectivity index (χ1) is 9.00. The van der Waals surface area contributed by atoms with Gasteiger partial charge in [0.05, 0.1) is 6.42 Å². The van der Waals surface area contributed by atoms with Crippen molar-refractivity contribution in [2.45, 2.75) is 36.0 Å². The van der Waals surface area contributed by atoms with Crippen molar-refractivity contribution in [1.29, 1.82) is 0 Å². The molecule has 0 saturated heterocycles. The van der Waals surface area contributed by atoms with Crippen molar-refractivity contribution in [3.8, 4) is 0 Å². The van der Waals surface area contributed by atoms with Crippen molar-refractivity contribution in [3.63, 3.8) is 0 Å². The van der Waals surface area contributed by atoms with Crippen LogP contribution in [0.25, 0.3) is 0 Å². The van der Waals surface area contributed by atoms with Crippen molar-refractivity contribution >= 4 is 6.29 Å². The standard InChI is InChI=1S/C8H3F12O/c9-3(10)5(13,14)7(17,18)8(19,20)6(15,16)4(11,12)1-2-21/h2H,1H2. The zero-order chi connectivity index (χ0) is 17.5. The largest absolute Gasteiger partial charge is 0.385 e. The van der Waals surface area contributed by atoms with E-state index >= 15 is 0 Å². The molecular weight excluding hydrogens is 340 g/mol. The number of rotatable bonds is 7. The Bertz CT molecular complexity index is 387. The lowest BCUT2D eigenvalue weighted by Gasteiger charge is -2.38. The number of alkyl halides is 10. The minimum absolute atomic E-state index is 1.07. The summed E-state index contributed by atoms with van der Waals surface area (Å²) in [6.07, 6.45) is -8.47. The summed E-state index contributed by atoms with van der Waals surface area (Å²) in [6, 6.07) is 0. The lowest BCUT2D eigenvalue weighted by Crippen LogP contribution is -2.67. The van der Waals surface area contributed by atoms with Crippen LogP contribution in [0.5, 0.6) is 0 Å². The average Bonchev–Trinajstić information content (AvgIpc) is 2.27. The van der Waals surface area contributed by atoms with Gasteiger partial charge in [0.1, 0.15) is 6.29 Å². The van der Waals surface area contributed by atoms with Crippen LogP contribution in [0.1, 0.15) is 6.42 Å². The van der Waals surface area contributed by atoms with Gasteiger partial charge in [0, 0.05) is 0 Å². The van der Waals surface area contributed by atoms with Crippen molar-refractivity contribution < 1.29 is 57.5 Å². The molecule has 21 heavy (non-hydrogen) atoms. The van der Waals surface area contributed by atoms with E-state index in [1.807, 2.05) is 0 Å². The smallest absolute Gasteiger partial charge is 0.303 e. The molecule has 0 aromatic heterocycles. The lowest BCUT2D eigenvalue weighted by molar-refractivity contribution is -0.403. The number of hydrogen-bond acceptors (Lipinski definition) is 1. The van der Waals surface area contributed by atoms with E-state index in [1.54, 1.807) is 0 Å². The minimum atomic E-state index is -7.58. The number of carbonyl (C=O) groups is 1. The Morgan fingerprint density at radius 1 is 0.714 bits per heavy atom. The van der Waals surface area contributed by atoms with E-state index in [0.29, 0.717) is 0 Å². The summed E-state index contributed by atoms with van der Waals surface area (Å²) in [5.74, 6) is -35.6. The number of carbonyl (C=O) groups excluding carboxylic acids is 1. The first-order valence-corrected chi connectivity index (χ1v) is 4.52. The summed E-state index contributed by atoms with van der Waals surface area (Å²) in [5.41, 5.74) is 0. The van der Waals surface area contributed by atoms with Gasteiger partial charge in [-0.05, 0) is 0 Å². The molecule has 0 aromatic carbocycles. The SMILES string of the molecule is O=CCC(F)(F)C(F)(F)C(F)(F)C(F)(F)C(F)(F)[C](F)F. The highest BCUT2D eigenvalue weighted by Crippen LogP contribution is 2.59. The third-order valence-corrected chi connectivity index (χ3v) is 2.22. The maximum absolute atomic E-state index is 12.7. The summed E-state index contributed by atoms with van der Waals surface area (Å²) in [7, 11) is 0. The molecule has 0 aliphatic rings. The fourth-order valence-corrected chi connectivity index (χ4v) is 0.976. The maximum Gasteiger partial charge on any atom is 0.385 e. The molecule has 0 unspecified atom stereocenters. The highest BCUT2D eigenvalue weighted by molar-refractivity contribution is 5.51. The van der Waals surface area contributed by atoms with E-state index in [4.69, 9.17) is 0 Å². The van der Waals surface area contributed by atoms with E-state index < -0.39 is 48.7 Å². The molecule has 13 heteroatoms. The third-order valence-electron chi connectivity index (χ3n) is 2.22. The Kier molecular flexibility index (Phi) is 4.94. The monoisotopic (exact) mass is 343 g/mol. The van der Waals surface area contributed by atoms with E-state index in [1.165, 1.54) is 0 Å². The minimum Gasteiger partial charge on any atom is -0.303 e. The van der Waals surface area contributed by atoms with Gasteiger partial charge in [-0.1, -0.05) is 0 Å². The fourth-order valence-electron chi connectivity index (χ4n) is 0.976. The Hall–Kier alpha value is -1.17. The zero-order valence-corrected chi connectivity index (χ0v) is 9.23. The molecule has 1 nitrogen and oxygen atoms in total. The molecule has 0 aliphatic heterocycles. The summed E-state index contributed by atoms with van der Waals surface area (Å²) in [4.78, 5) is 9.63. The van der Waals surface area contributed by atoms with Crippen LogP contribution in [-0.2, 0) is 4.79 Å². The molecule has 0 amide bonds. The van der Waals surface area contributed by atoms with Crippen LogP contribution in [-0.4, -0.2) is 35.9 Å². The average molecular weight is 343 g/mol. The third kappa shape index (κ3) is 2.65. The summed E-state index contributed by atoms with van der Waals surface area (Å²) in [6.45, 7) is 0. The van der Waals surface area contributed by atoms with Crippen LogP contribution in [0.3, 0.4) is 0 Å². The van der Waals surface area contributed by atoms with Crippen LogP contribution in [0, 0.1) is 6.43 Å². The molecule has 1 radical (unpaired) electrons. The van der Waals surface area contributed by atoms with Crippen molar-refractivity contribution in [2.24, 2.45) is 0 Å². The molecule has 0 atom stereocenters. The van der Waals surface area contributed by atoms with Gasteiger partial charge >= 0.3 is 36.0 Å². The molecule has 0 bridgehead atoms. The highest BCUT2D eigenvalue weighted by atomic mass is 19.4. The first-order valence-electron chi connectivity index (χ1n) is 4.52. The normalized spacial score (nSPS) is 15.5. The van der Waals surface area contributed by atoms with Crippen molar-refractivity contribution in [1.82, 2.24) is 0 Å². The fraction of sp³-hybridized carbons (Fsp3) is 0.750. The van der Waals surface area contributed by atoms with Crippen molar-refractivity contribution in [3.05, 3.63) is 6.43 Å². The second-order valence-corrected chi connectivity index (χ2v) is 3.63. The van der Waals surface area contributed by atoms with Gasteiger partial charge in [0.15, 0.2) is 0 Å². The van der Waals surface area contributed by atoms with Crippen LogP contribution in [0.2, 0.25) is 0 Å². The Morgan fingerprint density at radius 2 is 1.10 bits per heavy atom. The van der Waals surface area contributed by atoms with E-state index in [9.17, 15) is 57.5 Å². The molecule has 0 fully saturated rings. The molecule has 125 valence electrons. The predicted octanol–water partition coefficient (Wildman–Crippen LogP) is 4.18. The number of aldehydes is 1. The quantitative estimate of drug-likeness (QED) is 0.501. The highest BCUT2D eigenvalue weighted by Gasteiger charge is 2.87. The number of hydrogen-bond donors (Lipinski definition) is 0. The zero-order valence-electron chi connectivity index (χ0n) is 9.23. The molecule has 0 aromatic rings. The Labute approximate surface area is 107 Å². The molecule has 0 spiro atoms. The van der Waals surface area contributed by atoms with Gasteiger partial charge in [0.25, 0.3) is 0 Å². The Balaban J connectivity index is 6.01. The maximum atomic E-state index is 12.7. The molecule has 0 aliphatic carbocycles. The molecular formula is C8H3F12O. The summed E-state index contributed by atoms with van der Waals surface area (Å²) in [5, 5.41) is 0. The predicted molar refractivity (Wildman–Crippen MR) is 40.9 cm³/mol. The van der Waals surface area contributed by atoms with Crippen LogP contribution >= 0.6 is 0 Å². The second kappa shape index (κ2) is 5.23. The summed E-state index contributed by atoms with van der Waals surface area (Å²) >= 11 is 0. The van der Waals surface area contributed by atoms with E-state index in [2.05, 4.69) is 0 Å². The van der Waals surface area contributed by atoms with Gasteiger partial charge in [-0.15, -0.1) is 0 Å². The lowest BCUT2D eigenvalue weighted by atomic mass is 9.93. The first kappa shape index (κ1) is 19.8. The van der Waals surface area contributed by atoms with Crippen LogP contribution in [0.15, 0.2) is 0 Å².